The fourth-order valence-electron chi connectivity index (χ4n) is 2.53. The molecular formula is C13H22N4O. The molecule has 2 rings (SSSR count). The van der Waals surface area contributed by atoms with Gasteiger partial charge in [-0.1, -0.05) is 0 Å². The van der Waals surface area contributed by atoms with Gasteiger partial charge in [-0.05, 0) is 38.2 Å². The van der Waals surface area contributed by atoms with Crippen LogP contribution in [-0.4, -0.2) is 34.8 Å². The summed E-state index contributed by atoms with van der Waals surface area (Å²) in [5.41, 5.74) is 7.50. The van der Waals surface area contributed by atoms with Crippen LogP contribution in [0, 0.1) is 12.8 Å². The molecule has 0 bridgehead atoms. The molecule has 5 nitrogen and oxygen atoms in total. The summed E-state index contributed by atoms with van der Waals surface area (Å²) in [5.74, 6) is 1.34. The summed E-state index contributed by atoms with van der Waals surface area (Å²) in [4.78, 5) is 11.2. The molecule has 0 saturated carbocycles. The molecule has 0 amide bonds. The van der Waals surface area contributed by atoms with Gasteiger partial charge < -0.3 is 15.7 Å². The van der Waals surface area contributed by atoms with Gasteiger partial charge in [0.2, 0.25) is 5.95 Å². The zero-order chi connectivity index (χ0) is 13.0. The second-order valence-corrected chi connectivity index (χ2v) is 4.97. The van der Waals surface area contributed by atoms with E-state index >= 15 is 0 Å². The first-order valence-corrected chi connectivity index (χ1v) is 6.63. The molecule has 0 radical (unpaired) electrons. The van der Waals surface area contributed by atoms with E-state index in [1.807, 2.05) is 13.0 Å². The number of aryl methyl sites for hydroxylation is 1. The molecule has 3 N–H and O–H groups in total. The zero-order valence-electron chi connectivity index (χ0n) is 11.0. The Bertz CT molecular complexity index is 395. The van der Waals surface area contributed by atoms with Crippen LogP contribution in [-0.2, 0) is 6.54 Å². The fourth-order valence-corrected chi connectivity index (χ4v) is 2.53. The van der Waals surface area contributed by atoms with E-state index in [1.165, 1.54) is 6.42 Å². The minimum atomic E-state index is 0.265. The fraction of sp³-hybridized carbons (Fsp3) is 0.692. The smallest absolute Gasteiger partial charge is 0.225 e. The van der Waals surface area contributed by atoms with Gasteiger partial charge in [0.05, 0.1) is 5.69 Å². The second kappa shape index (κ2) is 6.11. The Kier molecular flexibility index (Phi) is 4.49. The first-order chi connectivity index (χ1) is 8.72. The molecule has 0 aromatic carbocycles. The largest absolute Gasteiger partial charge is 0.396 e. The van der Waals surface area contributed by atoms with E-state index in [9.17, 15) is 0 Å². The summed E-state index contributed by atoms with van der Waals surface area (Å²) in [5, 5.41) is 9.04. The molecule has 1 aromatic heterocycles. The molecule has 1 fully saturated rings. The molecule has 0 aliphatic carbocycles. The molecule has 1 aromatic rings. The van der Waals surface area contributed by atoms with Crippen molar-refractivity contribution in [2.45, 2.75) is 32.7 Å². The summed E-state index contributed by atoms with van der Waals surface area (Å²) in [7, 11) is 0. The number of piperidine rings is 1. The third-order valence-corrected chi connectivity index (χ3v) is 3.44. The van der Waals surface area contributed by atoms with Crippen LogP contribution >= 0.6 is 0 Å². The van der Waals surface area contributed by atoms with Crippen LogP contribution in [0.1, 0.15) is 30.7 Å². The summed E-state index contributed by atoms with van der Waals surface area (Å²) in [6.45, 7) is 4.62. The Hall–Kier alpha value is -1.20. The van der Waals surface area contributed by atoms with E-state index in [0.717, 1.165) is 43.3 Å². The predicted molar refractivity (Wildman–Crippen MR) is 71.3 cm³/mol. The van der Waals surface area contributed by atoms with Crippen molar-refractivity contribution in [3.05, 3.63) is 17.5 Å². The molecule has 1 aliphatic rings. The Balaban J connectivity index is 2.12. The lowest BCUT2D eigenvalue weighted by Crippen LogP contribution is -2.37. The van der Waals surface area contributed by atoms with Crippen molar-refractivity contribution in [2.24, 2.45) is 11.7 Å². The molecule has 2 heterocycles. The quantitative estimate of drug-likeness (QED) is 0.828. The lowest BCUT2D eigenvalue weighted by molar-refractivity contribution is 0.244. The number of nitrogens with two attached hydrogens (primary N) is 1. The average molecular weight is 250 g/mol. The standard InChI is InChI=1S/C13H22N4O/c1-10-7-12(8-14)16-13(15-10)17-5-2-3-11(9-17)4-6-18/h7,11,18H,2-6,8-9,14H2,1H3. The van der Waals surface area contributed by atoms with Gasteiger partial charge in [0.15, 0.2) is 0 Å². The van der Waals surface area contributed by atoms with E-state index < -0.39 is 0 Å². The van der Waals surface area contributed by atoms with Crippen LogP contribution < -0.4 is 10.6 Å². The van der Waals surface area contributed by atoms with Crippen LogP contribution in [0.15, 0.2) is 6.07 Å². The summed E-state index contributed by atoms with van der Waals surface area (Å²) < 4.78 is 0. The van der Waals surface area contributed by atoms with Crippen LogP contribution in [0.2, 0.25) is 0 Å². The van der Waals surface area contributed by atoms with Crippen molar-refractivity contribution in [3.63, 3.8) is 0 Å². The average Bonchev–Trinajstić information content (AvgIpc) is 2.39. The van der Waals surface area contributed by atoms with Gasteiger partial charge in [-0.2, -0.15) is 0 Å². The lowest BCUT2D eigenvalue weighted by atomic mass is 9.95. The first kappa shape index (κ1) is 13.2. The van der Waals surface area contributed by atoms with Gasteiger partial charge >= 0.3 is 0 Å². The normalized spacial score (nSPS) is 20.2. The molecular weight excluding hydrogens is 228 g/mol. The zero-order valence-corrected chi connectivity index (χ0v) is 11.0. The van der Waals surface area contributed by atoms with E-state index in [1.54, 1.807) is 0 Å². The van der Waals surface area contributed by atoms with E-state index in [2.05, 4.69) is 14.9 Å². The van der Waals surface area contributed by atoms with Crippen LogP contribution in [0.3, 0.4) is 0 Å². The number of aliphatic hydroxyl groups excluding tert-OH is 1. The Morgan fingerprint density at radius 1 is 1.50 bits per heavy atom. The summed E-state index contributed by atoms with van der Waals surface area (Å²) in [6.07, 6.45) is 3.19. The number of hydrogen-bond acceptors (Lipinski definition) is 5. The van der Waals surface area contributed by atoms with Crippen LogP contribution in [0.4, 0.5) is 5.95 Å². The first-order valence-electron chi connectivity index (χ1n) is 6.63. The minimum absolute atomic E-state index is 0.265. The topological polar surface area (TPSA) is 75.3 Å². The molecule has 1 saturated heterocycles. The highest BCUT2D eigenvalue weighted by Gasteiger charge is 2.21. The third kappa shape index (κ3) is 3.17. The van der Waals surface area contributed by atoms with Crippen molar-refractivity contribution in [2.75, 3.05) is 24.6 Å². The highest BCUT2D eigenvalue weighted by atomic mass is 16.3. The number of hydrogen-bond donors (Lipinski definition) is 2. The number of anilines is 1. The summed E-state index contributed by atoms with van der Waals surface area (Å²) in [6, 6.07) is 1.93. The second-order valence-electron chi connectivity index (χ2n) is 4.97. The molecule has 1 atom stereocenters. The molecule has 5 heteroatoms. The van der Waals surface area contributed by atoms with E-state index in [4.69, 9.17) is 10.8 Å². The van der Waals surface area contributed by atoms with Crippen molar-refractivity contribution >= 4 is 5.95 Å². The van der Waals surface area contributed by atoms with Crippen LogP contribution in [0.25, 0.3) is 0 Å². The molecule has 1 unspecified atom stereocenters. The van der Waals surface area contributed by atoms with Crippen molar-refractivity contribution in [1.29, 1.82) is 0 Å². The number of rotatable bonds is 4. The Morgan fingerprint density at radius 3 is 3.06 bits per heavy atom. The highest BCUT2D eigenvalue weighted by Crippen LogP contribution is 2.22. The summed E-state index contributed by atoms with van der Waals surface area (Å²) >= 11 is 0. The Morgan fingerprint density at radius 2 is 2.33 bits per heavy atom. The van der Waals surface area contributed by atoms with Gasteiger partial charge in [0.1, 0.15) is 0 Å². The highest BCUT2D eigenvalue weighted by molar-refractivity contribution is 5.33. The van der Waals surface area contributed by atoms with E-state index in [-0.39, 0.29) is 6.61 Å². The molecule has 1 aliphatic heterocycles. The van der Waals surface area contributed by atoms with Crippen molar-refractivity contribution in [3.8, 4) is 0 Å². The van der Waals surface area contributed by atoms with E-state index in [0.29, 0.717) is 12.5 Å². The van der Waals surface area contributed by atoms with Crippen molar-refractivity contribution in [1.82, 2.24) is 9.97 Å². The van der Waals surface area contributed by atoms with Gasteiger partial charge in [-0.15, -0.1) is 0 Å². The number of nitrogens with zero attached hydrogens (tertiary/aromatic N) is 3. The molecule has 100 valence electrons. The van der Waals surface area contributed by atoms with Gasteiger partial charge in [-0.25, -0.2) is 9.97 Å². The van der Waals surface area contributed by atoms with Gasteiger partial charge in [-0.3, -0.25) is 0 Å². The van der Waals surface area contributed by atoms with Crippen molar-refractivity contribution < 1.29 is 5.11 Å². The predicted octanol–water partition coefficient (Wildman–Crippen LogP) is 0.843. The number of aliphatic hydroxyl groups is 1. The van der Waals surface area contributed by atoms with Crippen LogP contribution in [0.5, 0.6) is 0 Å². The maximum atomic E-state index is 9.04. The Labute approximate surface area is 108 Å². The monoisotopic (exact) mass is 250 g/mol. The maximum Gasteiger partial charge on any atom is 0.225 e. The third-order valence-electron chi connectivity index (χ3n) is 3.44. The molecule has 18 heavy (non-hydrogen) atoms. The van der Waals surface area contributed by atoms with Gasteiger partial charge in [0, 0.05) is 31.9 Å². The SMILES string of the molecule is Cc1cc(CN)nc(N2CCCC(CCO)C2)n1. The minimum Gasteiger partial charge on any atom is -0.396 e. The maximum absolute atomic E-state index is 9.04. The molecule has 0 spiro atoms. The lowest BCUT2D eigenvalue weighted by Gasteiger charge is -2.32. The number of aromatic nitrogens is 2. The van der Waals surface area contributed by atoms with Gasteiger partial charge in [0.25, 0.3) is 0 Å².